The van der Waals surface area contributed by atoms with Crippen molar-refractivity contribution in [1.82, 2.24) is 15.0 Å². The molecule has 158 valence electrons. The molecule has 1 aliphatic heterocycles. The van der Waals surface area contributed by atoms with Crippen LogP contribution in [0.2, 0.25) is 0 Å². The summed E-state index contributed by atoms with van der Waals surface area (Å²) < 4.78 is 19.3. The van der Waals surface area contributed by atoms with Gasteiger partial charge < -0.3 is 9.42 Å². The molecule has 0 saturated carbocycles. The number of carbonyl (C=O) groups is 1. The van der Waals surface area contributed by atoms with Crippen molar-refractivity contribution in [3.8, 4) is 22.5 Å². The van der Waals surface area contributed by atoms with E-state index in [4.69, 9.17) is 4.52 Å². The SMILES string of the molecule is O=C(c1ccc(-c2ccccc2)cc1)N1CCS/C1=C/c1nc(-c2ccccc2F)no1. The van der Waals surface area contributed by atoms with Crippen molar-refractivity contribution in [2.75, 3.05) is 12.3 Å². The average Bonchev–Trinajstić information content (AvgIpc) is 3.50. The summed E-state index contributed by atoms with van der Waals surface area (Å²) in [6.07, 6.45) is 1.67. The molecule has 0 bridgehead atoms. The monoisotopic (exact) mass is 443 g/mol. The van der Waals surface area contributed by atoms with E-state index in [1.54, 1.807) is 40.9 Å². The normalized spacial score (nSPS) is 14.8. The van der Waals surface area contributed by atoms with Gasteiger partial charge >= 0.3 is 0 Å². The fraction of sp³-hybridized carbons (Fsp3) is 0.0800. The Labute approximate surface area is 188 Å². The molecule has 0 radical (unpaired) electrons. The number of benzene rings is 3. The van der Waals surface area contributed by atoms with E-state index in [9.17, 15) is 9.18 Å². The van der Waals surface area contributed by atoms with E-state index in [1.165, 1.54) is 6.07 Å². The number of hydrogen-bond acceptors (Lipinski definition) is 5. The smallest absolute Gasteiger partial charge is 0.258 e. The first-order valence-electron chi connectivity index (χ1n) is 10.1. The van der Waals surface area contributed by atoms with Gasteiger partial charge in [0.25, 0.3) is 11.8 Å². The molecule has 1 aromatic heterocycles. The van der Waals surface area contributed by atoms with Crippen molar-refractivity contribution in [3.63, 3.8) is 0 Å². The number of aromatic nitrogens is 2. The van der Waals surface area contributed by atoms with E-state index >= 15 is 0 Å². The topological polar surface area (TPSA) is 59.2 Å². The Bertz CT molecular complexity index is 1290. The largest absolute Gasteiger partial charge is 0.334 e. The standard InChI is InChI=1S/C25H18FN3O2S/c26-21-9-5-4-8-20(21)24-27-22(31-28-24)16-23-29(14-15-32-23)25(30)19-12-10-18(11-13-19)17-6-2-1-3-7-17/h1-13,16H,14-15H2/b23-16+. The number of hydrogen-bond donors (Lipinski definition) is 0. The second-order valence-electron chi connectivity index (χ2n) is 7.17. The lowest BCUT2D eigenvalue weighted by Gasteiger charge is -2.16. The van der Waals surface area contributed by atoms with Gasteiger partial charge in [0.05, 0.1) is 10.6 Å². The van der Waals surface area contributed by atoms with Crippen molar-refractivity contribution in [2.24, 2.45) is 0 Å². The summed E-state index contributed by atoms with van der Waals surface area (Å²) in [5.41, 5.74) is 3.04. The van der Waals surface area contributed by atoms with Gasteiger partial charge in [-0.2, -0.15) is 4.98 Å². The molecular formula is C25H18FN3O2S. The molecule has 5 rings (SSSR count). The second-order valence-corrected chi connectivity index (χ2v) is 8.28. The molecule has 1 saturated heterocycles. The van der Waals surface area contributed by atoms with Crippen LogP contribution in [0.4, 0.5) is 4.39 Å². The van der Waals surface area contributed by atoms with Gasteiger partial charge in [-0.15, -0.1) is 11.8 Å². The highest BCUT2D eigenvalue weighted by atomic mass is 32.2. The number of amides is 1. The van der Waals surface area contributed by atoms with Gasteiger partial charge in [-0.3, -0.25) is 4.79 Å². The van der Waals surface area contributed by atoms with Crippen LogP contribution >= 0.6 is 11.8 Å². The third kappa shape index (κ3) is 4.07. The molecule has 0 atom stereocenters. The summed E-state index contributed by atoms with van der Waals surface area (Å²) in [7, 11) is 0. The van der Waals surface area contributed by atoms with E-state index in [1.807, 2.05) is 54.6 Å². The third-order valence-electron chi connectivity index (χ3n) is 5.12. The number of carbonyl (C=O) groups excluding carboxylic acids is 1. The van der Waals surface area contributed by atoms with Crippen LogP contribution in [0.15, 0.2) is 88.4 Å². The van der Waals surface area contributed by atoms with Crippen LogP contribution in [0.3, 0.4) is 0 Å². The third-order valence-corrected chi connectivity index (χ3v) is 6.14. The Hall–Kier alpha value is -3.71. The van der Waals surface area contributed by atoms with E-state index in [-0.39, 0.29) is 23.2 Å². The first-order valence-corrected chi connectivity index (χ1v) is 11.1. The molecule has 7 heteroatoms. The molecule has 5 nitrogen and oxygen atoms in total. The molecule has 0 aliphatic carbocycles. The number of halogens is 1. The fourth-order valence-electron chi connectivity index (χ4n) is 3.49. The van der Waals surface area contributed by atoms with Gasteiger partial charge in [-0.25, -0.2) is 4.39 Å². The quantitative estimate of drug-likeness (QED) is 0.403. The zero-order valence-corrected chi connectivity index (χ0v) is 17.8. The Morgan fingerprint density at radius 3 is 2.47 bits per heavy atom. The van der Waals surface area contributed by atoms with Gasteiger partial charge in [0.15, 0.2) is 0 Å². The van der Waals surface area contributed by atoms with Crippen molar-refractivity contribution < 1.29 is 13.7 Å². The molecule has 0 spiro atoms. The van der Waals surface area contributed by atoms with Crippen LogP contribution in [0.25, 0.3) is 28.6 Å². The van der Waals surface area contributed by atoms with Crippen LogP contribution in [-0.4, -0.2) is 33.2 Å². The van der Waals surface area contributed by atoms with Crippen LogP contribution in [0.5, 0.6) is 0 Å². The molecule has 0 N–H and O–H groups in total. The molecule has 32 heavy (non-hydrogen) atoms. The van der Waals surface area contributed by atoms with E-state index in [0.717, 1.165) is 21.9 Å². The highest BCUT2D eigenvalue weighted by Gasteiger charge is 2.26. The van der Waals surface area contributed by atoms with Gasteiger partial charge in [-0.05, 0) is 35.4 Å². The van der Waals surface area contributed by atoms with Crippen LogP contribution in [0, 0.1) is 5.82 Å². The summed E-state index contributed by atoms with van der Waals surface area (Å²) in [6, 6.07) is 23.9. The number of thioether (sulfide) groups is 1. The van der Waals surface area contributed by atoms with Crippen molar-refractivity contribution in [2.45, 2.75) is 0 Å². The minimum absolute atomic E-state index is 0.0882. The highest BCUT2D eigenvalue weighted by Crippen LogP contribution is 2.32. The van der Waals surface area contributed by atoms with Gasteiger partial charge in [-0.1, -0.05) is 59.8 Å². The van der Waals surface area contributed by atoms with Gasteiger partial charge in [0, 0.05) is 23.9 Å². The van der Waals surface area contributed by atoms with Gasteiger partial charge in [0.2, 0.25) is 5.82 Å². The van der Waals surface area contributed by atoms with Crippen LogP contribution in [0.1, 0.15) is 16.2 Å². The zero-order valence-electron chi connectivity index (χ0n) is 16.9. The maximum atomic E-state index is 14.0. The summed E-state index contributed by atoms with van der Waals surface area (Å²) in [5.74, 6) is 0.666. The lowest BCUT2D eigenvalue weighted by Crippen LogP contribution is -2.26. The lowest BCUT2D eigenvalue weighted by atomic mass is 10.0. The lowest BCUT2D eigenvalue weighted by molar-refractivity contribution is 0.0831. The molecular weight excluding hydrogens is 425 g/mol. The summed E-state index contributed by atoms with van der Waals surface area (Å²) in [4.78, 5) is 19.1. The molecule has 1 fully saturated rings. The molecule has 2 heterocycles. The maximum absolute atomic E-state index is 14.0. The predicted octanol–water partition coefficient (Wildman–Crippen LogP) is 5.73. The molecule has 0 unspecified atom stereocenters. The van der Waals surface area contributed by atoms with Crippen LogP contribution < -0.4 is 0 Å². The summed E-state index contributed by atoms with van der Waals surface area (Å²) in [6.45, 7) is 0.587. The van der Waals surface area contributed by atoms with Crippen LogP contribution in [-0.2, 0) is 0 Å². The zero-order chi connectivity index (χ0) is 21.9. The Kier molecular flexibility index (Phi) is 5.56. The average molecular weight is 444 g/mol. The van der Waals surface area contributed by atoms with E-state index in [0.29, 0.717) is 12.1 Å². The minimum Gasteiger partial charge on any atom is -0.334 e. The molecule has 3 aromatic carbocycles. The maximum Gasteiger partial charge on any atom is 0.258 e. The molecule has 1 amide bonds. The molecule has 1 aliphatic rings. The van der Waals surface area contributed by atoms with Gasteiger partial charge in [0.1, 0.15) is 5.82 Å². The predicted molar refractivity (Wildman–Crippen MR) is 123 cm³/mol. The van der Waals surface area contributed by atoms with Crippen molar-refractivity contribution >= 4 is 23.7 Å². The first-order chi connectivity index (χ1) is 15.7. The summed E-state index contributed by atoms with van der Waals surface area (Å²) in [5, 5.41) is 4.60. The summed E-state index contributed by atoms with van der Waals surface area (Å²) >= 11 is 1.54. The fourth-order valence-corrected chi connectivity index (χ4v) is 4.49. The minimum atomic E-state index is -0.418. The van der Waals surface area contributed by atoms with Crippen molar-refractivity contribution in [3.05, 3.63) is 101 Å². The van der Waals surface area contributed by atoms with Crippen molar-refractivity contribution in [1.29, 1.82) is 0 Å². The highest BCUT2D eigenvalue weighted by molar-refractivity contribution is 8.03. The Balaban J connectivity index is 1.36. The Morgan fingerprint density at radius 1 is 0.969 bits per heavy atom. The van der Waals surface area contributed by atoms with E-state index < -0.39 is 5.82 Å². The second kappa shape index (κ2) is 8.80. The Morgan fingerprint density at radius 2 is 1.69 bits per heavy atom. The number of rotatable bonds is 4. The first kappa shape index (κ1) is 20.2. The van der Waals surface area contributed by atoms with E-state index in [2.05, 4.69) is 10.1 Å². The molecule has 4 aromatic rings. The number of nitrogens with zero attached hydrogens (tertiary/aromatic N) is 3.